The van der Waals surface area contributed by atoms with Gasteiger partial charge in [0.1, 0.15) is 0 Å². The van der Waals surface area contributed by atoms with Crippen LogP contribution in [0.15, 0.2) is 12.1 Å². The smallest absolute Gasteiger partial charge is 0.338 e. The zero-order valence-electron chi connectivity index (χ0n) is 8.50. The van der Waals surface area contributed by atoms with Crippen molar-refractivity contribution in [2.75, 3.05) is 7.11 Å². The molecule has 0 radical (unpaired) electrons. The fraction of sp³-hybridized carbons (Fsp3) is 0.273. The highest BCUT2D eigenvalue weighted by Crippen LogP contribution is 2.21. The molecule has 1 aromatic rings. The third-order valence-corrected chi connectivity index (χ3v) is 2.44. The fourth-order valence-corrected chi connectivity index (χ4v) is 1.64. The summed E-state index contributed by atoms with van der Waals surface area (Å²) in [6.07, 6.45) is 0. The second-order valence-electron chi connectivity index (χ2n) is 3.02. The second-order valence-corrected chi connectivity index (χ2v) is 3.29. The summed E-state index contributed by atoms with van der Waals surface area (Å²) < 4.78 is 4.61. The molecule has 0 aromatic heterocycles. The molecular weight excluding hydrogens is 214 g/mol. The van der Waals surface area contributed by atoms with Crippen LogP contribution < -0.4 is 0 Å². The summed E-state index contributed by atoms with van der Waals surface area (Å²) in [6.45, 7) is 1.80. The standard InChI is InChI=1S/C11H10ClNO2/c1-7-3-4-8(11(14)15-2)9(5-12)10(7)6-13/h3-4H,5H2,1-2H3. The van der Waals surface area contributed by atoms with Gasteiger partial charge in [-0.15, -0.1) is 11.6 Å². The molecule has 1 aromatic carbocycles. The molecule has 0 unspecified atom stereocenters. The Balaban J connectivity index is 3.43. The highest BCUT2D eigenvalue weighted by Gasteiger charge is 2.16. The van der Waals surface area contributed by atoms with Crippen molar-refractivity contribution >= 4 is 17.6 Å². The van der Waals surface area contributed by atoms with E-state index in [1.165, 1.54) is 7.11 Å². The monoisotopic (exact) mass is 223 g/mol. The van der Waals surface area contributed by atoms with E-state index in [1.54, 1.807) is 19.1 Å². The van der Waals surface area contributed by atoms with Crippen molar-refractivity contribution < 1.29 is 9.53 Å². The number of nitriles is 1. The van der Waals surface area contributed by atoms with Gasteiger partial charge in [0, 0.05) is 5.88 Å². The molecule has 3 nitrogen and oxygen atoms in total. The van der Waals surface area contributed by atoms with Crippen LogP contribution in [0.5, 0.6) is 0 Å². The third-order valence-electron chi connectivity index (χ3n) is 2.17. The van der Waals surface area contributed by atoms with Crippen LogP contribution in [0.3, 0.4) is 0 Å². The van der Waals surface area contributed by atoms with E-state index < -0.39 is 5.97 Å². The van der Waals surface area contributed by atoms with Gasteiger partial charge < -0.3 is 4.74 Å². The number of methoxy groups -OCH3 is 1. The van der Waals surface area contributed by atoms with Crippen LogP contribution in [0.4, 0.5) is 0 Å². The Bertz CT molecular complexity index is 435. The van der Waals surface area contributed by atoms with E-state index in [0.29, 0.717) is 16.7 Å². The first-order valence-electron chi connectivity index (χ1n) is 4.32. The summed E-state index contributed by atoms with van der Waals surface area (Å²) in [7, 11) is 1.30. The minimum Gasteiger partial charge on any atom is -0.465 e. The Morgan fingerprint density at radius 3 is 2.73 bits per heavy atom. The molecular formula is C11H10ClNO2. The van der Waals surface area contributed by atoms with Crippen LogP contribution in [-0.4, -0.2) is 13.1 Å². The highest BCUT2D eigenvalue weighted by atomic mass is 35.5. The lowest BCUT2D eigenvalue weighted by Gasteiger charge is -2.08. The van der Waals surface area contributed by atoms with Gasteiger partial charge in [-0.05, 0) is 24.1 Å². The number of rotatable bonds is 2. The molecule has 0 fully saturated rings. The number of aryl methyl sites for hydroxylation is 1. The topological polar surface area (TPSA) is 50.1 Å². The molecule has 0 amide bonds. The lowest BCUT2D eigenvalue weighted by Crippen LogP contribution is -2.07. The Morgan fingerprint density at radius 2 is 2.27 bits per heavy atom. The normalized spacial score (nSPS) is 9.47. The van der Waals surface area contributed by atoms with Crippen LogP contribution in [0.2, 0.25) is 0 Å². The Labute approximate surface area is 93.2 Å². The number of ether oxygens (including phenoxy) is 1. The van der Waals surface area contributed by atoms with Crippen molar-refractivity contribution in [2.45, 2.75) is 12.8 Å². The molecule has 0 spiro atoms. The van der Waals surface area contributed by atoms with Crippen molar-refractivity contribution in [1.29, 1.82) is 5.26 Å². The van der Waals surface area contributed by atoms with Crippen LogP contribution in [0, 0.1) is 18.3 Å². The molecule has 15 heavy (non-hydrogen) atoms. The number of hydrogen-bond acceptors (Lipinski definition) is 3. The van der Waals surface area contributed by atoms with Gasteiger partial charge in [0.15, 0.2) is 0 Å². The average molecular weight is 224 g/mol. The number of hydrogen-bond donors (Lipinski definition) is 0. The van der Waals surface area contributed by atoms with Crippen LogP contribution >= 0.6 is 11.6 Å². The number of carbonyl (C=O) groups excluding carboxylic acids is 1. The molecule has 1 rings (SSSR count). The molecule has 0 bridgehead atoms. The summed E-state index contributed by atoms with van der Waals surface area (Å²) in [5, 5.41) is 8.95. The Hall–Kier alpha value is -1.53. The third kappa shape index (κ3) is 2.11. The van der Waals surface area contributed by atoms with Crippen molar-refractivity contribution in [2.24, 2.45) is 0 Å². The maximum atomic E-state index is 11.4. The van der Waals surface area contributed by atoms with Gasteiger partial charge in [-0.25, -0.2) is 4.79 Å². The van der Waals surface area contributed by atoms with E-state index in [9.17, 15) is 4.79 Å². The lowest BCUT2D eigenvalue weighted by atomic mass is 9.98. The van der Waals surface area contributed by atoms with Gasteiger partial charge in [0.2, 0.25) is 0 Å². The maximum Gasteiger partial charge on any atom is 0.338 e. The lowest BCUT2D eigenvalue weighted by molar-refractivity contribution is 0.0599. The van der Waals surface area contributed by atoms with Crippen LogP contribution in [0.1, 0.15) is 27.0 Å². The van der Waals surface area contributed by atoms with Crippen LogP contribution in [-0.2, 0) is 10.6 Å². The molecule has 0 atom stereocenters. The molecule has 0 N–H and O–H groups in total. The predicted molar refractivity (Wildman–Crippen MR) is 56.8 cm³/mol. The SMILES string of the molecule is COC(=O)c1ccc(C)c(C#N)c1CCl. The zero-order chi connectivity index (χ0) is 11.4. The molecule has 4 heteroatoms. The predicted octanol–water partition coefficient (Wildman–Crippen LogP) is 2.39. The van der Waals surface area contributed by atoms with Crippen molar-refractivity contribution in [3.05, 3.63) is 34.4 Å². The largest absolute Gasteiger partial charge is 0.465 e. The van der Waals surface area contributed by atoms with Gasteiger partial charge in [-0.3, -0.25) is 0 Å². The molecule has 0 aliphatic rings. The number of alkyl halides is 1. The van der Waals surface area contributed by atoms with Crippen molar-refractivity contribution in [3.63, 3.8) is 0 Å². The van der Waals surface area contributed by atoms with Crippen molar-refractivity contribution in [1.82, 2.24) is 0 Å². The number of nitrogens with zero attached hydrogens (tertiary/aromatic N) is 1. The first-order valence-corrected chi connectivity index (χ1v) is 4.86. The highest BCUT2D eigenvalue weighted by molar-refractivity contribution is 6.18. The number of carbonyl (C=O) groups is 1. The Morgan fingerprint density at radius 1 is 1.60 bits per heavy atom. The van der Waals surface area contributed by atoms with E-state index in [1.807, 2.05) is 6.07 Å². The quantitative estimate of drug-likeness (QED) is 0.571. The van der Waals surface area contributed by atoms with Gasteiger partial charge in [-0.2, -0.15) is 5.26 Å². The Kier molecular flexibility index (Phi) is 3.70. The molecule has 0 saturated carbocycles. The summed E-state index contributed by atoms with van der Waals surface area (Å²) in [5.74, 6) is -0.350. The molecule has 0 aliphatic carbocycles. The van der Waals surface area contributed by atoms with E-state index in [2.05, 4.69) is 4.74 Å². The van der Waals surface area contributed by atoms with Gasteiger partial charge in [0.25, 0.3) is 0 Å². The van der Waals surface area contributed by atoms with Gasteiger partial charge >= 0.3 is 5.97 Å². The van der Waals surface area contributed by atoms with E-state index >= 15 is 0 Å². The van der Waals surface area contributed by atoms with Crippen molar-refractivity contribution in [3.8, 4) is 6.07 Å². The summed E-state index contributed by atoms with van der Waals surface area (Å²) in [4.78, 5) is 11.4. The first-order chi connectivity index (χ1) is 7.15. The van der Waals surface area contributed by atoms with Gasteiger partial charge in [0.05, 0.1) is 24.3 Å². The molecule has 0 aliphatic heterocycles. The summed E-state index contributed by atoms with van der Waals surface area (Å²) in [5.41, 5.74) is 2.15. The first kappa shape index (κ1) is 11.5. The van der Waals surface area contributed by atoms with Crippen LogP contribution in [0.25, 0.3) is 0 Å². The summed E-state index contributed by atoms with van der Waals surface area (Å²) >= 11 is 5.73. The molecule has 0 heterocycles. The fourth-order valence-electron chi connectivity index (χ4n) is 1.36. The minimum atomic E-state index is -0.470. The minimum absolute atomic E-state index is 0.120. The molecule has 0 saturated heterocycles. The average Bonchev–Trinajstić information content (AvgIpc) is 2.27. The summed E-state index contributed by atoms with van der Waals surface area (Å²) in [6, 6.07) is 5.38. The maximum absolute atomic E-state index is 11.4. The zero-order valence-corrected chi connectivity index (χ0v) is 9.26. The molecule has 78 valence electrons. The number of esters is 1. The number of halogens is 1. The van der Waals surface area contributed by atoms with E-state index in [0.717, 1.165) is 5.56 Å². The second kappa shape index (κ2) is 4.81. The number of benzene rings is 1. The van der Waals surface area contributed by atoms with Gasteiger partial charge in [-0.1, -0.05) is 6.07 Å². The van der Waals surface area contributed by atoms with E-state index in [4.69, 9.17) is 16.9 Å². The van der Waals surface area contributed by atoms with E-state index in [-0.39, 0.29) is 5.88 Å².